The summed E-state index contributed by atoms with van der Waals surface area (Å²) in [4.78, 5) is 4.36. The molecule has 2 N–H and O–H groups in total. The van der Waals surface area contributed by atoms with Crippen LogP contribution in [0.25, 0.3) is 11.3 Å². The van der Waals surface area contributed by atoms with Crippen LogP contribution in [0.2, 0.25) is 0 Å². The SMILES string of the molecule is Cc1ccc(C(C)C)cc1-c1c(CN)ncn1C. The average Bonchev–Trinajstić information content (AvgIpc) is 2.71. The number of imidazole rings is 1. The number of benzene rings is 1. The highest BCUT2D eigenvalue weighted by Gasteiger charge is 2.13. The summed E-state index contributed by atoms with van der Waals surface area (Å²) >= 11 is 0. The van der Waals surface area contributed by atoms with Crippen molar-refractivity contribution < 1.29 is 0 Å². The third-order valence-corrected chi connectivity index (χ3v) is 3.39. The van der Waals surface area contributed by atoms with E-state index in [1.807, 2.05) is 13.4 Å². The number of hydrogen-bond acceptors (Lipinski definition) is 2. The molecular formula is C15H21N3. The Labute approximate surface area is 109 Å². The monoisotopic (exact) mass is 243 g/mol. The predicted molar refractivity (Wildman–Crippen MR) is 75.4 cm³/mol. The largest absolute Gasteiger partial charge is 0.333 e. The van der Waals surface area contributed by atoms with Crippen molar-refractivity contribution in [2.24, 2.45) is 12.8 Å². The second kappa shape index (κ2) is 4.94. The lowest BCUT2D eigenvalue weighted by Gasteiger charge is -2.13. The van der Waals surface area contributed by atoms with Crippen LogP contribution in [0, 0.1) is 6.92 Å². The quantitative estimate of drug-likeness (QED) is 0.900. The molecule has 3 heteroatoms. The van der Waals surface area contributed by atoms with E-state index in [2.05, 4.69) is 48.5 Å². The molecule has 0 fully saturated rings. The Morgan fingerprint density at radius 3 is 2.67 bits per heavy atom. The zero-order chi connectivity index (χ0) is 13.3. The maximum Gasteiger partial charge on any atom is 0.0952 e. The van der Waals surface area contributed by atoms with Crippen LogP contribution < -0.4 is 5.73 Å². The molecule has 1 aromatic heterocycles. The number of rotatable bonds is 3. The molecule has 96 valence electrons. The molecule has 1 heterocycles. The van der Waals surface area contributed by atoms with Gasteiger partial charge in [0.15, 0.2) is 0 Å². The maximum absolute atomic E-state index is 5.77. The van der Waals surface area contributed by atoms with E-state index in [1.165, 1.54) is 16.7 Å². The van der Waals surface area contributed by atoms with E-state index in [9.17, 15) is 0 Å². The summed E-state index contributed by atoms with van der Waals surface area (Å²) < 4.78 is 2.05. The summed E-state index contributed by atoms with van der Waals surface area (Å²) in [7, 11) is 2.02. The van der Waals surface area contributed by atoms with Crippen LogP contribution in [-0.4, -0.2) is 9.55 Å². The van der Waals surface area contributed by atoms with Crippen LogP contribution >= 0.6 is 0 Å². The average molecular weight is 243 g/mol. The first-order valence-electron chi connectivity index (χ1n) is 6.35. The molecular weight excluding hydrogens is 222 g/mol. The second-order valence-electron chi connectivity index (χ2n) is 5.08. The van der Waals surface area contributed by atoms with Gasteiger partial charge in [-0.2, -0.15) is 0 Å². The van der Waals surface area contributed by atoms with E-state index in [0.29, 0.717) is 12.5 Å². The van der Waals surface area contributed by atoms with Gasteiger partial charge in [0.2, 0.25) is 0 Å². The zero-order valence-corrected chi connectivity index (χ0v) is 11.6. The topological polar surface area (TPSA) is 43.8 Å². The molecule has 0 radical (unpaired) electrons. The van der Waals surface area contributed by atoms with E-state index in [4.69, 9.17) is 5.73 Å². The molecule has 0 amide bonds. The molecule has 0 aliphatic rings. The zero-order valence-electron chi connectivity index (χ0n) is 11.6. The van der Waals surface area contributed by atoms with Gasteiger partial charge in [0.1, 0.15) is 0 Å². The van der Waals surface area contributed by atoms with Crippen LogP contribution in [0.4, 0.5) is 0 Å². The van der Waals surface area contributed by atoms with Crippen molar-refractivity contribution in [3.63, 3.8) is 0 Å². The van der Waals surface area contributed by atoms with Crippen molar-refractivity contribution in [1.29, 1.82) is 0 Å². The molecule has 2 aromatic rings. The number of nitrogens with two attached hydrogens (primary N) is 1. The Morgan fingerprint density at radius 1 is 1.33 bits per heavy atom. The molecule has 3 nitrogen and oxygen atoms in total. The van der Waals surface area contributed by atoms with Gasteiger partial charge in [-0.1, -0.05) is 26.0 Å². The van der Waals surface area contributed by atoms with E-state index in [1.54, 1.807) is 0 Å². The summed E-state index contributed by atoms with van der Waals surface area (Å²) in [6.45, 7) is 7.03. The van der Waals surface area contributed by atoms with Gasteiger partial charge in [-0.3, -0.25) is 0 Å². The normalized spacial score (nSPS) is 11.2. The molecule has 0 atom stereocenters. The van der Waals surface area contributed by atoms with E-state index in [-0.39, 0.29) is 0 Å². The molecule has 0 saturated carbocycles. The molecule has 18 heavy (non-hydrogen) atoms. The lowest BCUT2D eigenvalue weighted by Crippen LogP contribution is -2.02. The number of hydrogen-bond donors (Lipinski definition) is 1. The first-order chi connectivity index (χ1) is 8.54. The molecule has 2 rings (SSSR count). The summed E-state index contributed by atoms with van der Waals surface area (Å²) in [6.07, 6.45) is 1.83. The van der Waals surface area contributed by atoms with Crippen molar-refractivity contribution >= 4 is 0 Å². The van der Waals surface area contributed by atoms with Crippen LogP contribution in [0.5, 0.6) is 0 Å². The van der Waals surface area contributed by atoms with Crippen LogP contribution in [-0.2, 0) is 13.6 Å². The van der Waals surface area contributed by atoms with Gasteiger partial charge in [-0.05, 0) is 30.0 Å². The third kappa shape index (κ3) is 2.18. The maximum atomic E-state index is 5.77. The van der Waals surface area contributed by atoms with Crippen molar-refractivity contribution in [1.82, 2.24) is 9.55 Å². The van der Waals surface area contributed by atoms with Gasteiger partial charge < -0.3 is 10.3 Å². The Balaban J connectivity index is 2.62. The minimum Gasteiger partial charge on any atom is -0.333 e. The smallest absolute Gasteiger partial charge is 0.0952 e. The van der Waals surface area contributed by atoms with Gasteiger partial charge in [0, 0.05) is 19.2 Å². The van der Waals surface area contributed by atoms with Gasteiger partial charge >= 0.3 is 0 Å². The molecule has 0 bridgehead atoms. The number of aryl methyl sites for hydroxylation is 2. The van der Waals surface area contributed by atoms with E-state index >= 15 is 0 Å². The standard InChI is InChI=1S/C15H21N3/c1-10(2)12-6-5-11(3)13(7-12)15-14(8-16)17-9-18(15)4/h5-7,9-10H,8,16H2,1-4H3. The van der Waals surface area contributed by atoms with E-state index in [0.717, 1.165) is 11.4 Å². The third-order valence-electron chi connectivity index (χ3n) is 3.39. The molecule has 0 saturated heterocycles. The van der Waals surface area contributed by atoms with Gasteiger partial charge in [-0.25, -0.2) is 4.98 Å². The molecule has 0 aliphatic heterocycles. The summed E-state index contributed by atoms with van der Waals surface area (Å²) in [5, 5.41) is 0. The van der Waals surface area contributed by atoms with Gasteiger partial charge in [0.25, 0.3) is 0 Å². The summed E-state index contributed by atoms with van der Waals surface area (Å²) in [5.74, 6) is 0.527. The van der Waals surface area contributed by atoms with Gasteiger partial charge in [-0.15, -0.1) is 0 Å². The summed E-state index contributed by atoms with van der Waals surface area (Å²) in [6, 6.07) is 6.64. The predicted octanol–water partition coefficient (Wildman–Crippen LogP) is 2.98. The number of nitrogens with zero attached hydrogens (tertiary/aromatic N) is 2. The highest BCUT2D eigenvalue weighted by atomic mass is 15.0. The number of aromatic nitrogens is 2. The van der Waals surface area contributed by atoms with Crippen molar-refractivity contribution in [3.05, 3.63) is 41.3 Å². The Kier molecular flexibility index (Phi) is 3.53. The van der Waals surface area contributed by atoms with E-state index < -0.39 is 0 Å². The Hall–Kier alpha value is -1.61. The van der Waals surface area contributed by atoms with Crippen LogP contribution in [0.1, 0.15) is 36.6 Å². The van der Waals surface area contributed by atoms with Crippen molar-refractivity contribution in [3.8, 4) is 11.3 Å². The van der Waals surface area contributed by atoms with Crippen LogP contribution in [0.3, 0.4) is 0 Å². The molecule has 0 aliphatic carbocycles. The fraction of sp³-hybridized carbons (Fsp3) is 0.400. The minimum atomic E-state index is 0.474. The second-order valence-corrected chi connectivity index (χ2v) is 5.08. The molecule has 1 aromatic carbocycles. The van der Waals surface area contributed by atoms with Crippen molar-refractivity contribution in [2.45, 2.75) is 33.2 Å². The lowest BCUT2D eigenvalue weighted by molar-refractivity contribution is 0.864. The Bertz CT molecular complexity index is 553. The molecule has 0 unspecified atom stereocenters. The fourth-order valence-corrected chi connectivity index (χ4v) is 2.23. The minimum absolute atomic E-state index is 0.474. The van der Waals surface area contributed by atoms with Crippen molar-refractivity contribution in [2.75, 3.05) is 0 Å². The highest BCUT2D eigenvalue weighted by Crippen LogP contribution is 2.29. The lowest BCUT2D eigenvalue weighted by atomic mass is 9.95. The van der Waals surface area contributed by atoms with Crippen LogP contribution in [0.15, 0.2) is 24.5 Å². The molecule has 0 spiro atoms. The fourth-order valence-electron chi connectivity index (χ4n) is 2.23. The highest BCUT2D eigenvalue weighted by molar-refractivity contribution is 5.67. The Morgan fingerprint density at radius 2 is 2.06 bits per heavy atom. The first-order valence-corrected chi connectivity index (χ1v) is 6.35. The summed E-state index contributed by atoms with van der Waals surface area (Å²) in [5.41, 5.74) is 11.7. The first kappa shape index (κ1) is 12.8. The van der Waals surface area contributed by atoms with Gasteiger partial charge in [0.05, 0.1) is 17.7 Å².